The number of carbonyl (C=O) groups is 3. The molecule has 0 bridgehead atoms. The number of aliphatic carboxylic acids is 1. The molecule has 0 radical (unpaired) electrons. The van der Waals surface area contributed by atoms with Gasteiger partial charge in [0, 0.05) is 35.9 Å². The number of nitrogens with zero attached hydrogens (tertiary/aromatic N) is 1. The number of sulfone groups is 1. The first kappa shape index (κ1) is 28.0. The number of carboxylic acids is 1. The third-order valence-electron chi connectivity index (χ3n) is 5.93. The van der Waals surface area contributed by atoms with Gasteiger partial charge in [-0.25, -0.2) is 13.2 Å². The Bertz CT molecular complexity index is 1580. The number of hydrogen-bond donors (Lipinski definition) is 4. The van der Waals surface area contributed by atoms with Crippen LogP contribution in [0.4, 0.5) is 16.2 Å². The van der Waals surface area contributed by atoms with Gasteiger partial charge in [0.25, 0.3) is 5.91 Å². The van der Waals surface area contributed by atoms with Crippen molar-refractivity contribution in [1.29, 1.82) is 0 Å². The summed E-state index contributed by atoms with van der Waals surface area (Å²) in [5.74, 6) is -1.69. The summed E-state index contributed by atoms with van der Waals surface area (Å²) < 4.78 is 26.5. The van der Waals surface area contributed by atoms with E-state index in [2.05, 4.69) is 20.9 Å². The van der Waals surface area contributed by atoms with E-state index in [4.69, 9.17) is 0 Å². The summed E-state index contributed by atoms with van der Waals surface area (Å²) in [5.41, 5.74) is 2.41. The Morgan fingerprint density at radius 1 is 0.800 bits per heavy atom. The molecule has 0 saturated heterocycles. The Hall–Kier alpha value is -5.03. The molecule has 4 rings (SSSR count). The lowest BCUT2D eigenvalue weighted by atomic mass is 10.1. The van der Waals surface area contributed by atoms with Crippen molar-refractivity contribution in [1.82, 2.24) is 10.3 Å². The van der Waals surface area contributed by atoms with Gasteiger partial charge in [-0.05, 0) is 65.7 Å². The van der Waals surface area contributed by atoms with Crippen molar-refractivity contribution in [3.05, 3.63) is 120 Å². The lowest BCUT2D eigenvalue weighted by Gasteiger charge is -2.16. The summed E-state index contributed by atoms with van der Waals surface area (Å²) in [6, 6.07) is 23.9. The zero-order chi connectivity index (χ0) is 28.5. The molecule has 0 aliphatic rings. The molecule has 0 spiro atoms. The van der Waals surface area contributed by atoms with Gasteiger partial charge in [-0.1, -0.05) is 36.4 Å². The highest BCUT2D eigenvalue weighted by Gasteiger charge is 2.31. The Balaban J connectivity index is 1.37. The number of hydrogen-bond acceptors (Lipinski definition) is 6. The van der Waals surface area contributed by atoms with E-state index in [1.807, 2.05) is 30.3 Å². The maximum atomic E-state index is 13.2. The molecule has 3 amide bonds. The molecule has 4 N–H and O–H groups in total. The van der Waals surface area contributed by atoms with Crippen molar-refractivity contribution in [3.63, 3.8) is 0 Å². The fourth-order valence-corrected chi connectivity index (χ4v) is 5.59. The van der Waals surface area contributed by atoms with Crippen LogP contribution in [0.3, 0.4) is 0 Å². The summed E-state index contributed by atoms with van der Waals surface area (Å²) >= 11 is 0. The molecular weight excluding hydrogens is 532 g/mol. The maximum Gasteiger partial charge on any atom is 0.319 e. The lowest BCUT2D eigenvalue weighted by molar-refractivity contribution is -0.137. The molecule has 1 atom stereocenters. The van der Waals surface area contributed by atoms with E-state index in [1.54, 1.807) is 30.3 Å². The van der Waals surface area contributed by atoms with Crippen LogP contribution in [-0.4, -0.2) is 36.4 Å². The molecule has 0 saturated carbocycles. The molecule has 1 unspecified atom stereocenters. The standard InChI is InChI=1S/C29H26N4O6S/c34-27(35)17-26(22-7-4-16-30-19-22)40(38,39)25-14-12-23(13-15-25)32-28(36)21-8-10-24(11-9-21)33-29(37)31-18-20-5-2-1-3-6-20/h1-16,19,26H,17-18H2,(H,32,36)(H,34,35)(H2,31,33,37). The highest BCUT2D eigenvalue weighted by atomic mass is 32.2. The predicted molar refractivity (Wildman–Crippen MR) is 150 cm³/mol. The molecule has 0 aliphatic carbocycles. The Kier molecular flexibility index (Phi) is 8.87. The van der Waals surface area contributed by atoms with Gasteiger partial charge in [-0.2, -0.15) is 0 Å². The van der Waals surface area contributed by atoms with Crippen molar-refractivity contribution in [3.8, 4) is 0 Å². The van der Waals surface area contributed by atoms with Crippen LogP contribution in [0.1, 0.15) is 33.2 Å². The van der Waals surface area contributed by atoms with E-state index in [-0.39, 0.29) is 16.5 Å². The molecule has 204 valence electrons. The van der Waals surface area contributed by atoms with E-state index in [0.29, 0.717) is 23.5 Å². The van der Waals surface area contributed by atoms with E-state index >= 15 is 0 Å². The Morgan fingerprint density at radius 3 is 2.08 bits per heavy atom. The highest BCUT2D eigenvalue weighted by molar-refractivity contribution is 7.91. The van der Waals surface area contributed by atoms with Crippen LogP contribution >= 0.6 is 0 Å². The summed E-state index contributed by atoms with van der Waals surface area (Å²) in [7, 11) is -4.05. The van der Waals surface area contributed by atoms with Crippen molar-refractivity contribution in [2.75, 3.05) is 10.6 Å². The minimum Gasteiger partial charge on any atom is -0.481 e. The molecule has 11 heteroatoms. The van der Waals surface area contributed by atoms with Crippen LogP contribution in [-0.2, 0) is 21.2 Å². The number of carbonyl (C=O) groups excluding carboxylic acids is 2. The fourth-order valence-electron chi connectivity index (χ4n) is 3.89. The Morgan fingerprint density at radius 2 is 1.45 bits per heavy atom. The molecule has 40 heavy (non-hydrogen) atoms. The molecule has 3 aromatic carbocycles. The van der Waals surface area contributed by atoms with Crippen molar-refractivity contribution < 1.29 is 27.9 Å². The topological polar surface area (TPSA) is 155 Å². The lowest BCUT2D eigenvalue weighted by Crippen LogP contribution is -2.28. The number of nitrogens with one attached hydrogen (secondary N) is 3. The number of rotatable bonds is 10. The smallest absolute Gasteiger partial charge is 0.319 e. The van der Waals surface area contributed by atoms with Gasteiger partial charge in [0.15, 0.2) is 9.84 Å². The van der Waals surface area contributed by atoms with Gasteiger partial charge >= 0.3 is 12.0 Å². The number of aromatic nitrogens is 1. The monoisotopic (exact) mass is 558 g/mol. The van der Waals surface area contributed by atoms with Crippen molar-refractivity contribution in [2.24, 2.45) is 0 Å². The number of pyridine rings is 1. The highest BCUT2D eigenvalue weighted by Crippen LogP contribution is 2.32. The van der Waals surface area contributed by atoms with Gasteiger partial charge in [0.05, 0.1) is 11.3 Å². The van der Waals surface area contributed by atoms with Crippen molar-refractivity contribution in [2.45, 2.75) is 23.1 Å². The zero-order valence-corrected chi connectivity index (χ0v) is 22.0. The second kappa shape index (κ2) is 12.7. The summed E-state index contributed by atoms with van der Waals surface area (Å²) in [6.07, 6.45) is 2.18. The van der Waals surface area contributed by atoms with E-state index < -0.39 is 33.4 Å². The molecule has 0 fully saturated rings. The predicted octanol–water partition coefficient (Wildman–Crippen LogP) is 4.65. The average Bonchev–Trinajstić information content (AvgIpc) is 2.96. The van der Waals surface area contributed by atoms with Crippen LogP contribution in [0.25, 0.3) is 0 Å². The fraction of sp³-hybridized carbons (Fsp3) is 0.103. The first-order valence-electron chi connectivity index (χ1n) is 12.2. The van der Waals surface area contributed by atoms with E-state index in [1.165, 1.54) is 42.7 Å². The van der Waals surface area contributed by atoms with Gasteiger partial charge in [0.1, 0.15) is 5.25 Å². The second-order valence-corrected chi connectivity index (χ2v) is 10.9. The summed E-state index contributed by atoms with van der Waals surface area (Å²) in [6.45, 7) is 0.372. The third kappa shape index (κ3) is 7.29. The van der Waals surface area contributed by atoms with Gasteiger partial charge in [-0.15, -0.1) is 0 Å². The largest absolute Gasteiger partial charge is 0.481 e. The Labute approximate surface area is 231 Å². The SMILES string of the molecule is O=C(O)CC(c1cccnc1)S(=O)(=O)c1ccc(NC(=O)c2ccc(NC(=O)NCc3ccccc3)cc2)cc1. The summed E-state index contributed by atoms with van der Waals surface area (Å²) in [5, 5.41) is 16.1. The zero-order valence-electron chi connectivity index (χ0n) is 21.2. The number of urea groups is 1. The van der Waals surface area contributed by atoms with Gasteiger partial charge < -0.3 is 21.1 Å². The van der Waals surface area contributed by atoms with Crippen molar-refractivity contribution >= 4 is 39.1 Å². The number of carboxylic acid groups (broad SMARTS) is 1. The number of benzene rings is 3. The van der Waals surface area contributed by atoms with Crippen LogP contribution in [0.5, 0.6) is 0 Å². The molecule has 1 aromatic heterocycles. The first-order valence-corrected chi connectivity index (χ1v) is 13.7. The number of anilines is 2. The number of amides is 3. The maximum absolute atomic E-state index is 13.2. The van der Waals surface area contributed by atoms with Crippen LogP contribution < -0.4 is 16.0 Å². The molecule has 0 aliphatic heterocycles. The molecule has 4 aromatic rings. The molecule has 1 heterocycles. The minimum absolute atomic E-state index is 0.0819. The van der Waals surface area contributed by atoms with E-state index in [0.717, 1.165) is 5.56 Å². The van der Waals surface area contributed by atoms with Crippen LogP contribution in [0, 0.1) is 0 Å². The van der Waals surface area contributed by atoms with Gasteiger partial charge in [-0.3, -0.25) is 14.6 Å². The molecule has 10 nitrogen and oxygen atoms in total. The third-order valence-corrected chi connectivity index (χ3v) is 8.05. The second-order valence-electron chi connectivity index (χ2n) is 8.77. The molecular formula is C29H26N4O6S. The normalized spacial score (nSPS) is 11.7. The minimum atomic E-state index is -4.05. The van der Waals surface area contributed by atoms with Crippen LogP contribution in [0.2, 0.25) is 0 Å². The van der Waals surface area contributed by atoms with Crippen LogP contribution in [0.15, 0.2) is 108 Å². The quantitative estimate of drug-likeness (QED) is 0.221. The van der Waals surface area contributed by atoms with Gasteiger partial charge in [0.2, 0.25) is 0 Å². The summed E-state index contributed by atoms with van der Waals surface area (Å²) in [4.78, 5) is 40.0. The first-order chi connectivity index (χ1) is 19.2. The average molecular weight is 559 g/mol. The van der Waals surface area contributed by atoms with E-state index in [9.17, 15) is 27.9 Å².